The van der Waals surface area contributed by atoms with Crippen LogP contribution in [-0.2, 0) is 0 Å². The maximum atomic E-state index is 11.0. The van der Waals surface area contributed by atoms with Crippen LogP contribution < -0.4 is 9.80 Å². The van der Waals surface area contributed by atoms with Crippen molar-refractivity contribution >= 4 is 28.4 Å². The van der Waals surface area contributed by atoms with E-state index >= 15 is 0 Å². The Morgan fingerprint density at radius 1 is 1.28 bits per heavy atom. The molecule has 3 heterocycles. The van der Waals surface area contributed by atoms with Crippen LogP contribution in [0.15, 0.2) is 28.8 Å². The molecule has 0 spiro atoms. The van der Waals surface area contributed by atoms with Crippen molar-refractivity contribution in [2.45, 2.75) is 18.8 Å². The SMILES string of the molecule is CN(C)c1noc(C2CCN(c3cc(C#N)c4cc([N+](=O)[O-])ccc4n3)CC2)n1. The molecule has 1 aliphatic rings. The minimum Gasteiger partial charge on any atom is -0.357 e. The largest absolute Gasteiger partial charge is 0.357 e. The maximum Gasteiger partial charge on any atom is 0.270 e. The number of nitrogens with zero attached hydrogens (tertiary/aromatic N) is 7. The van der Waals surface area contributed by atoms with Crippen LogP contribution in [0.1, 0.15) is 30.2 Å². The molecule has 10 nitrogen and oxygen atoms in total. The number of pyridine rings is 1. The molecule has 0 bridgehead atoms. The predicted molar refractivity (Wildman–Crippen MR) is 106 cm³/mol. The maximum absolute atomic E-state index is 11.0. The number of nitro groups is 1. The van der Waals surface area contributed by atoms with Gasteiger partial charge in [-0.15, -0.1) is 0 Å². The summed E-state index contributed by atoms with van der Waals surface area (Å²) in [7, 11) is 3.73. The fourth-order valence-corrected chi connectivity index (χ4v) is 3.50. The number of piperidine rings is 1. The normalized spacial score (nSPS) is 14.7. The molecule has 4 rings (SSSR count). The number of fused-ring (bicyclic) bond motifs is 1. The van der Waals surface area contributed by atoms with Gasteiger partial charge in [0.05, 0.1) is 22.1 Å². The number of hydrogen-bond donors (Lipinski definition) is 0. The number of benzene rings is 1. The Bertz CT molecular complexity index is 1110. The third-order valence-corrected chi connectivity index (χ3v) is 5.11. The fraction of sp³-hybridized carbons (Fsp3) is 0.368. The van der Waals surface area contributed by atoms with Gasteiger partial charge in [-0.3, -0.25) is 10.1 Å². The monoisotopic (exact) mass is 393 g/mol. The molecule has 148 valence electrons. The standard InChI is InChI=1S/C19H19N7O3/c1-24(2)19-22-18(29-23-19)12-5-7-25(8-6-12)17-9-13(11-20)15-10-14(26(27)28)3-4-16(15)21-17/h3-4,9-10,12H,5-8H2,1-2H3. The summed E-state index contributed by atoms with van der Waals surface area (Å²) in [5, 5.41) is 25.0. The van der Waals surface area contributed by atoms with Gasteiger partial charge in [-0.25, -0.2) is 4.98 Å². The number of nitro benzene ring substituents is 1. The highest BCUT2D eigenvalue weighted by molar-refractivity contribution is 5.88. The van der Waals surface area contributed by atoms with Crippen LogP contribution in [0.25, 0.3) is 10.9 Å². The number of anilines is 2. The molecule has 1 fully saturated rings. The first-order chi connectivity index (χ1) is 14.0. The van der Waals surface area contributed by atoms with Crippen molar-refractivity contribution < 1.29 is 9.45 Å². The number of rotatable bonds is 4. The molecule has 1 aromatic carbocycles. The van der Waals surface area contributed by atoms with E-state index in [2.05, 4.69) is 26.1 Å². The Morgan fingerprint density at radius 2 is 2.03 bits per heavy atom. The van der Waals surface area contributed by atoms with Crippen molar-refractivity contribution in [3.05, 3.63) is 45.8 Å². The summed E-state index contributed by atoms with van der Waals surface area (Å²) in [6, 6.07) is 8.23. The predicted octanol–water partition coefficient (Wildman–Crippen LogP) is 2.85. The Hall–Kier alpha value is -3.74. The van der Waals surface area contributed by atoms with E-state index in [1.54, 1.807) is 17.0 Å². The molecular formula is C19H19N7O3. The molecule has 0 N–H and O–H groups in total. The molecule has 0 atom stereocenters. The van der Waals surface area contributed by atoms with E-state index < -0.39 is 4.92 Å². The summed E-state index contributed by atoms with van der Waals surface area (Å²) in [5.41, 5.74) is 0.892. The first-order valence-corrected chi connectivity index (χ1v) is 9.21. The lowest BCUT2D eigenvalue weighted by Gasteiger charge is -2.31. The van der Waals surface area contributed by atoms with Crippen LogP contribution in [0.3, 0.4) is 0 Å². The summed E-state index contributed by atoms with van der Waals surface area (Å²) in [5.74, 6) is 2.09. The zero-order valence-corrected chi connectivity index (χ0v) is 16.1. The molecule has 2 aromatic heterocycles. The van der Waals surface area contributed by atoms with Gasteiger partial charge in [0.25, 0.3) is 11.6 Å². The van der Waals surface area contributed by atoms with Crippen LogP contribution in [0.5, 0.6) is 0 Å². The van der Waals surface area contributed by atoms with Gasteiger partial charge >= 0.3 is 0 Å². The van der Waals surface area contributed by atoms with Crippen molar-refractivity contribution in [3.8, 4) is 6.07 Å². The zero-order valence-electron chi connectivity index (χ0n) is 16.1. The van der Waals surface area contributed by atoms with Gasteiger partial charge in [-0.1, -0.05) is 0 Å². The smallest absolute Gasteiger partial charge is 0.270 e. The van der Waals surface area contributed by atoms with Crippen molar-refractivity contribution in [1.29, 1.82) is 5.26 Å². The molecule has 29 heavy (non-hydrogen) atoms. The van der Waals surface area contributed by atoms with Gasteiger partial charge in [-0.2, -0.15) is 10.2 Å². The lowest BCUT2D eigenvalue weighted by atomic mass is 9.96. The van der Waals surface area contributed by atoms with E-state index in [1.165, 1.54) is 12.1 Å². The summed E-state index contributed by atoms with van der Waals surface area (Å²) in [6.07, 6.45) is 1.66. The van der Waals surface area contributed by atoms with Crippen LogP contribution in [-0.4, -0.2) is 47.2 Å². The second-order valence-corrected chi connectivity index (χ2v) is 7.19. The quantitative estimate of drug-likeness (QED) is 0.486. The highest BCUT2D eigenvalue weighted by Crippen LogP contribution is 2.32. The van der Waals surface area contributed by atoms with E-state index in [4.69, 9.17) is 4.52 Å². The molecule has 1 saturated heterocycles. The molecule has 1 aliphatic heterocycles. The Balaban J connectivity index is 1.55. The highest BCUT2D eigenvalue weighted by Gasteiger charge is 2.26. The summed E-state index contributed by atoms with van der Waals surface area (Å²) in [4.78, 5) is 23.5. The van der Waals surface area contributed by atoms with Gasteiger partial charge in [0.1, 0.15) is 5.82 Å². The van der Waals surface area contributed by atoms with Gasteiger partial charge in [0.2, 0.25) is 5.89 Å². The average Bonchev–Trinajstić information content (AvgIpc) is 3.23. The summed E-state index contributed by atoms with van der Waals surface area (Å²) >= 11 is 0. The molecule has 3 aromatic rings. The third-order valence-electron chi connectivity index (χ3n) is 5.11. The Kier molecular flexibility index (Phi) is 4.72. The fourth-order valence-electron chi connectivity index (χ4n) is 3.50. The molecular weight excluding hydrogens is 374 g/mol. The van der Waals surface area contributed by atoms with Crippen molar-refractivity contribution in [2.24, 2.45) is 0 Å². The van der Waals surface area contributed by atoms with Crippen LogP contribution in [0.4, 0.5) is 17.5 Å². The van der Waals surface area contributed by atoms with Gasteiger partial charge in [-0.05, 0) is 30.1 Å². The van der Waals surface area contributed by atoms with Gasteiger partial charge in [0, 0.05) is 50.6 Å². The van der Waals surface area contributed by atoms with Crippen molar-refractivity contribution in [1.82, 2.24) is 15.1 Å². The second-order valence-electron chi connectivity index (χ2n) is 7.19. The van der Waals surface area contributed by atoms with Crippen LogP contribution in [0, 0.1) is 21.4 Å². The van der Waals surface area contributed by atoms with Crippen molar-refractivity contribution in [2.75, 3.05) is 37.0 Å². The summed E-state index contributed by atoms with van der Waals surface area (Å²) < 4.78 is 5.40. The van der Waals surface area contributed by atoms with Gasteiger partial charge < -0.3 is 14.3 Å². The minimum atomic E-state index is -0.474. The van der Waals surface area contributed by atoms with E-state index in [0.29, 0.717) is 34.1 Å². The minimum absolute atomic E-state index is 0.0546. The molecule has 0 saturated carbocycles. The van der Waals surface area contributed by atoms with E-state index in [-0.39, 0.29) is 11.6 Å². The molecule has 0 aliphatic carbocycles. The van der Waals surface area contributed by atoms with Gasteiger partial charge in [0.15, 0.2) is 0 Å². The molecule has 0 amide bonds. The van der Waals surface area contributed by atoms with Crippen LogP contribution >= 0.6 is 0 Å². The lowest BCUT2D eigenvalue weighted by molar-refractivity contribution is -0.384. The Labute approximate surface area is 166 Å². The zero-order chi connectivity index (χ0) is 20.5. The van der Waals surface area contributed by atoms with E-state index in [1.807, 2.05) is 14.1 Å². The number of non-ortho nitro benzene ring substituents is 1. The summed E-state index contributed by atoms with van der Waals surface area (Å²) in [6.45, 7) is 1.47. The third kappa shape index (κ3) is 3.54. The van der Waals surface area contributed by atoms with E-state index in [9.17, 15) is 15.4 Å². The number of nitriles is 1. The second kappa shape index (κ2) is 7.35. The molecule has 0 unspecified atom stereocenters. The molecule has 0 radical (unpaired) electrons. The number of hydrogen-bond acceptors (Lipinski definition) is 9. The average molecular weight is 393 g/mol. The van der Waals surface area contributed by atoms with Crippen LogP contribution in [0.2, 0.25) is 0 Å². The Morgan fingerprint density at radius 3 is 2.66 bits per heavy atom. The first-order valence-electron chi connectivity index (χ1n) is 9.21. The van der Waals surface area contributed by atoms with E-state index in [0.717, 1.165) is 25.9 Å². The molecule has 10 heteroatoms. The first kappa shape index (κ1) is 18.6. The lowest BCUT2D eigenvalue weighted by Crippen LogP contribution is -2.33. The van der Waals surface area contributed by atoms with Crippen molar-refractivity contribution in [3.63, 3.8) is 0 Å². The topological polar surface area (TPSA) is 125 Å². The highest BCUT2D eigenvalue weighted by atomic mass is 16.6. The number of aromatic nitrogens is 3.